The molecular formula is C29H28F3N3O. The molecule has 1 aliphatic carbocycles. The molecule has 3 aromatic heterocycles. The highest BCUT2D eigenvalue weighted by Gasteiger charge is 2.29. The molecule has 36 heavy (non-hydrogen) atoms. The van der Waals surface area contributed by atoms with Crippen LogP contribution in [0.25, 0.3) is 11.0 Å². The Morgan fingerprint density at radius 1 is 1.00 bits per heavy atom. The molecule has 186 valence electrons. The van der Waals surface area contributed by atoms with Crippen molar-refractivity contribution in [1.82, 2.24) is 14.5 Å². The van der Waals surface area contributed by atoms with E-state index in [-0.39, 0.29) is 41.0 Å². The summed E-state index contributed by atoms with van der Waals surface area (Å²) >= 11 is 0. The SMILES string of the molecule is Cc1ccc2cc(C3CCC(c4c(C)cccc4F)CC3)c(=O)n(Cc3ncccc3C(F)F)c2n1. The summed E-state index contributed by atoms with van der Waals surface area (Å²) in [5, 5.41) is 0.789. The molecule has 0 saturated heterocycles. The summed E-state index contributed by atoms with van der Waals surface area (Å²) < 4.78 is 43.3. The summed E-state index contributed by atoms with van der Waals surface area (Å²) in [6, 6.07) is 13.7. The molecule has 0 atom stereocenters. The van der Waals surface area contributed by atoms with Crippen LogP contribution in [0.4, 0.5) is 13.2 Å². The van der Waals surface area contributed by atoms with E-state index in [1.807, 2.05) is 38.1 Å². The lowest BCUT2D eigenvalue weighted by Crippen LogP contribution is -2.29. The van der Waals surface area contributed by atoms with Crippen LogP contribution in [0.2, 0.25) is 0 Å². The molecule has 0 N–H and O–H groups in total. The maximum absolute atomic E-state index is 14.6. The third kappa shape index (κ3) is 4.54. The maximum Gasteiger partial charge on any atom is 0.265 e. The van der Waals surface area contributed by atoms with Crippen molar-refractivity contribution >= 4 is 11.0 Å². The van der Waals surface area contributed by atoms with Crippen LogP contribution in [0.5, 0.6) is 0 Å². The minimum absolute atomic E-state index is 0.0103. The number of hydrogen-bond acceptors (Lipinski definition) is 3. The number of aryl methyl sites for hydroxylation is 2. The van der Waals surface area contributed by atoms with Gasteiger partial charge in [-0.05, 0) is 98.9 Å². The van der Waals surface area contributed by atoms with E-state index in [1.165, 1.54) is 29.0 Å². The molecular weight excluding hydrogens is 463 g/mol. The highest BCUT2D eigenvalue weighted by molar-refractivity contribution is 5.76. The molecule has 5 rings (SSSR count). The average Bonchev–Trinajstić information content (AvgIpc) is 2.86. The predicted molar refractivity (Wildman–Crippen MR) is 134 cm³/mol. The normalized spacial score (nSPS) is 18.2. The summed E-state index contributed by atoms with van der Waals surface area (Å²) in [4.78, 5) is 22.5. The fraction of sp³-hybridized carbons (Fsp3) is 0.345. The van der Waals surface area contributed by atoms with Crippen LogP contribution in [0.15, 0.2) is 59.5 Å². The molecule has 1 aliphatic rings. The van der Waals surface area contributed by atoms with Crippen molar-refractivity contribution in [2.45, 2.75) is 64.3 Å². The van der Waals surface area contributed by atoms with Gasteiger partial charge in [-0.3, -0.25) is 14.3 Å². The van der Waals surface area contributed by atoms with Crippen LogP contribution in [-0.4, -0.2) is 14.5 Å². The van der Waals surface area contributed by atoms with Crippen LogP contribution >= 0.6 is 0 Å². The molecule has 1 saturated carbocycles. The number of nitrogens with zero attached hydrogens (tertiary/aromatic N) is 3. The summed E-state index contributed by atoms with van der Waals surface area (Å²) in [5.41, 5.74) is 3.35. The van der Waals surface area contributed by atoms with Gasteiger partial charge in [-0.15, -0.1) is 0 Å². The molecule has 0 bridgehead atoms. The number of benzene rings is 1. The van der Waals surface area contributed by atoms with Crippen LogP contribution in [-0.2, 0) is 6.54 Å². The lowest BCUT2D eigenvalue weighted by Gasteiger charge is -2.30. The second kappa shape index (κ2) is 9.88. The highest BCUT2D eigenvalue weighted by atomic mass is 19.3. The van der Waals surface area contributed by atoms with E-state index < -0.39 is 6.43 Å². The first kappa shape index (κ1) is 24.2. The molecule has 0 unspecified atom stereocenters. The summed E-state index contributed by atoms with van der Waals surface area (Å²) in [6.07, 6.45) is 1.85. The number of aromatic nitrogens is 3. The largest absolute Gasteiger partial charge is 0.286 e. The number of rotatable bonds is 5. The van der Waals surface area contributed by atoms with Gasteiger partial charge in [0.1, 0.15) is 11.5 Å². The molecule has 1 aromatic carbocycles. The molecule has 4 aromatic rings. The first-order valence-corrected chi connectivity index (χ1v) is 12.3. The van der Waals surface area contributed by atoms with E-state index >= 15 is 0 Å². The predicted octanol–water partition coefficient (Wildman–Crippen LogP) is 6.97. The van der Waals surface area contributed by atoms with Gasteiger partial charge in [-0.25, -0.2) is 18.2 Å². The Bertz CT molecular complexity index is 1450. The molecule has 1 fully saturated rings. The molecule has 0 spiro atoms. The Morgan fingerprint density at radius 2 is 1.75 bits per heavy atom. The zero-order valence-corrected chi connectivity index (χ0v) is 20.3. The number of pyridine rings is 3. The molecule has 7 heteroatoms. The fourth-order valence-electron chi connectivity index (χ4n) is 5.59. The number of hydrogen-bond donors (Lipinski definition) is 0. The smallest absolute Gasteiger partial charge is 0.265 e. The van der Waals surface area contributed by atoms with E-state index in [2.05, 4.69) is 9.97 Å². The van der Waals surface area contributed by atoms with E-state index in [1.54, 1.807) is 6.07 Å². The van der Waals surface area contributed by atoms with Crippen molar-refractivity contribution in [3.8, 4) is 0 Å². The van der Waals surface area contributed by atoms with E-state index in [0.717, 1.165) is 47.9 Å². The monoisotopic (exact) mass is 491 g/mol. The molecule has 0 amide bonds. The molecule has 0 radical (unpaired) electrons. The van der Waals surface area contributed by atoms with Gasteiger partial charge in [0.15, 0.2) is 0 Å². The maximum atomic E-state index is 14.6. The van der Waals surface area contributed by atoms with Crippen molar-refractivity contribution in [3.63, 3.8) is 0 Å². The van der Waals surface area contributed by atoms with E-state index in [9.17, 15) is 18.0 Å². The summed E-state index contributed by atoms with van der Waals surface area (Å²) in [7, 11) is 0. The van der Waals surface area contributed by atoms with Crippen LogP contribution in [0.1, 0.15) is 77.6 Å². The van der Waals surface area contributed by atoms with Gasteiger partial charge in [0.25, 0.3) is 12.0 Å². The first-order valence-electron chi connectivity index (χ1n) is 12.3. The fourth-order valence-corrected chi connectivity index (χ4v) is 5.59. The van der Waals surface area contributed by atoms with E-state index in [4.69, 9.17) is 0 Å². The number of alkyl halides is 2. The van der Waals surface area contributed by atoms with Gasteiger partial charge in [-0.2, -0.15) is 0 Å². The third-order valence-electron chi connectivity index (χ3n) is 7.42. The standard InChI is InChI=1S/C29H28F3N3O/c1-17-5-3-7-24(30)26(17)20-12-10-19(11-13-20)23-15-21-9-8-18(2)34-28(21)35(29(23)36)16-25-22(27(31)32)6-4-14-33-25/h3-9,14-15,19-20,27H,10-13,16H2,1-2H3. The Morgan fingerprint density at radius 3 is 2.47 bits per heavy atom. The van der Waals surface area contributed by atoms with Gasteiger partial charge in [-0.1, -0.05) is 12.1 Å². The average molecular weight is 492 g/mol. The van der Waals surface area contributed by atoms with Gasteiger partial charge in [0, 0.05) is 28.4 Å². The Labute approximate surface area is 207 Å². The second-order valence-electron chi connectivity index (χ2n) is 9.72. The minimum Gasteiger partial charge on any atom is -0.286 e. The van der Waals surface area contributed by atoms with E-state index in [0.29, 0.717) is 11.2 Å². The van der Waals surface area contributed by atoms with Crippen molar-refractivity contribution in [2.24, 2.45) is 0 Å². The van der Waals surface area contributed by atoms with Crippen molar-refractivity contribution in [2.75, 3.05) is 0 Å². The topological polar surface area (TPSA) is 47.8 Å². The van der Waals surface area contributed by atoms with Crippen molar-refractivity contribution in [3.05, 3.63) is 105 Å². The second-order valence-corrected chi connectivity index (χ2v) is 9.72. The zero-order chi connectivity index (χ0) is 25.4. The minimum atomic E-state index is -2.69. The van der Waals surface area contributed by atoms with Crippen LogP contribution in [0, 0.1) is 19.7 Å². The molecule has 0 aliphatic heterocycles. The van der Waals surface area contributed by atoms with Crippen molar-refractivity contribution in [1.29, 1.82) is 0 Å². The lowest BCUT2D eigenvalue weighted by molar-refractivity contribution is 0.149. The Balaban J connectivity index is 1.52. The summed E-state index contributed by atoms with van der Waals surface area (Å²) in [5.74, 6) is -0.0363. The zero-order valence-electron chi connectivity index (χ0n) is 20.3. The quantitative estimate of drug-likeness (QED) is 0.303. The van der Waals surface area contributed by atoms with Gasteiger partial charge in [0.2, 0.25) is 0 Å². The summed E-state index contributed by atoms with van der Waals surface area (Å²) in [6.45, 7) is 3.69. The Hall–Kier alpha value is -3.48. The van der Waals surface area contributed by atoms with Gasteiger partial charge < -0.3 is 0 Å². The highest BCUT2D eigenvalue weighted by Crippen LogP contribution is 2.41. The third-order valence-corrected chi connectivity index (χ3v) is 7.42. The van der Waals surface area contributed by atoms with Gasteiger partial charge in [0.05, 0.1) is 12.2 Å². The lowest BCUT2D eigenvalue weighted by atomic mass is 9.75. The number of fused-ring (bicyclic) bond motifs is 1. The van der Waals surface area contributed by atoms with Gasteiger partial charge >= 0.3 is 0 Å². The number of halogens is 3. The van der Waals surface area contributed by atoms with Crippen LogP contribution < -0.4 is 5.56 Å². The molecule has 4 nitrogen and oxygen atoms in total. The van der Waals surface area contributed by atoms with Crippen LogP contribution in [0.3, 0.4) is 0 Å². The first-order chi connectivity index (χ1) is 17.3. The van der Waals surface area contributed by atoms with Crippen molar-refractivity contribution < 1.29 is 13.2 Å². The molecule has 3 heterocycles. The Kier molecular flexibility index (Phi) is 6.65.